The summed E-state index contributed by atoms with van der Waals surface area (Å²) in [7, 11) is 2.00. The van der Waals surface area contributed by atoms with Crippen molar-refractivity contribution in [2.75, 3.05) is 44.7 Å². The molecule has 0 bridgehead atoms. The second kappa shape index (κ2) is 8.43. The Hall–Kier alpha value is -3.33. The van der Waals surface area contributed by atoms with Crippen molar-refractivity contribution in [1.82, 2.24) is 14.5 Å². The molecule has 1 aliphatic heterocycles. The minimum atomic E-state index is -0.811. The first-order valence-electron chi connectivity index (χ1n) is 10.0. The van der Waals surface area contributed by atoms with Gasteiger partial charge in [-0.15, -0.1) is 0 Å². The van der Waals surface area contributed by atoms with Crippen molar-refractivity contribution in [3.8, 4) is 5.82 Å². The summed E-state index contributed by atoms with van der Waals surface area (Å²) in [5.41, 5.74) is -0.143. The zero-order valence-electron chi connectivity index (χ0n) is 17.3. The molecule has 3 aromatic rings. The van der Waals surface area contributed by atoms with Crippen molar-refractivity contribution in [2.45, 2.75) is 6.92 Å². The third kappa shape index (κ3) is 4.00. The number of nitrogens with zero attached hydrogens (tertiary/aromatic N) is 4. The predicted octanol–water partition coefficient (Wildman–Crippen LogP) is 2.59. The molecule has 1 fully saturated rings. The van der Waals surface area contributed by atoms with Gasteiger partial charge in [-0.25, -0.2) is 18.6 Å². The maximum atomic E-state index is 15.1. The average Bonchev–Trinajstić information content (AvgIpc) is 2.76. The van der Waals surface area contributed by atoms with E-state index >= 15 is 4.39 Å². The van der Waals surface area contributed by atoms with Crippen molar-refractivity contribution in [2.24, 2.45) is 0 Å². The molecule has 3 heterocycles. The highest BCUT2D eigenvalue weighted by Crippen LogP contribution is 2.27. The van der Waals surface area contributed by atoms with Crippen LogP contribution in [0, 0.1) is 11.6 Å². The minimum absolute atomic E-state index is 0.0204. The summed E-state index contributed by atoms with van der Waals surface area (Å²) in [5.74, 6) is -1.60. The summed E-state index contributed by atoms with van der Waals surface area (Å²) in [6.07, 6.45) is 2.35. The number of piperazine rings is 1. The SMILES string of the molecule is CCOC(=O)c1cn(-c2ccc(F)cn2)c2cc(N3CCN(C)CC3)c(F)cc2c1=O. The zero-order valence-corrected chi connectivity index (χ0v) is 17.3. The fraction of sp³-hybridized carbons (Fsp3) is 0.318. The summed E-state index contributed by atoms with van der Waals surface area (Å²) in [6, 6.07) is 5.37. The molecule has 162 valence electrons. The van der Waals surface area contributed by atoms with Gasteiger partial charge in [0.25, 0.3) is 0 Å². The van der Waals surface area contributed by atoms with Crippen LogP contribution in [-0.4, -0.2) is 60.3 Å². The van der Waals surface area contributed by atoms with E-state index in [1.807, 2.05) is 11.9 Å². The molecule has 0 atom stereocenters. The third-order valence-corrected chi connectivity index (χ3v) is 5.37. The van der Waals surface area contributed by atoms with Crippen LogP contribution in [-0.2, 0) is 4.74 Å². The Morgan fingerprint density at radius 2 is 1.90 bits per heavy atom. The second-order valence-electron chi connectivity index (χ2n) is 7.41. The summed E-state index contributed by atoms with van der Waals surface area (Å²) >= 11 is 0. The molecular weight excluding hydrogens is 406 g/mol. The standard InChI is InChI=1S/C22H22F2N4O3/c1-3-31-22(30)16-13-28(20-5-4-14(23)12-25-20)18-11-19(17(24)10-15(18)21(16)29)27-8-6-26(2)7-9-27/h4-5,10-13H,3,6-9H2,1-2H3. The lowest BCUT2D eigenvalue weighted by atomic mass is 10.1. The molecule has 0 amide bonds. The summed E-state index contributed by atoms with van der Waals surface area (Å²) in [5, 5.41) is 0.0204. The maximum Gasteiger partial charge on any atom is 0.343 e. The molecule has 7 nitrogen and oxygen atoms in total. The van der Waals surface area contributed by atoms with E-state index in [1.165, 1.54) is 22.9 Å². The first kappa shape index (κ1) is 20.9. The molecule has 1 aliphatic rings. The average molecular weight is 428 g/mol. The molecule has 0 radical (unpaired) electrons. The number of likely N-dealkylation sites (N-methyl/N-ethyl adjacent to an activating group) is 1. The van der Waals surface area contributed by atoms with Gasteiger partial charge in [-0.3, -0.25) is 4.79 Å². The van der Waals surface area contributed by atoms with Crippen LogP contribution in [0.5, 0.6) is 0 Å². The van der Waals surface area contributed by atoms with Crippen LogP contribution in [0.15, 0.2) is 41.5 Å². The molecule has 2 aromatic heterocycles. The fourth-order valence-electron chi connectivity index (χ4n) is 3.68. The number of ether oxygens (including phenoxy) is 1. The van der Waals surface area contributed by atoms with E-state index in [4.69, 9.17) is 4.74 Å². The fourth-order valence-corrected chi connectivity index (χ4v) is 3.68. The number of carbonyl (C=O) groups excluding carboxylic acids is 1. The summed E-state index contributed by atoms with van der Waals surface area (Å²) in [4.78, 5) is 33.5. The minimum Gasteiger partial charge on any atom is -0.462 e. The van der Waals surface area contributed by atoms with E-state index < -0.39 is 23.0 Å². The lowest BCUT2D eigenvalue weighted by Gasteiger charge is -2.34. The molecule has 1 aromatic carbocycles. The Morgan fingerprint density at radius 3 is 2.55 bits per heavy atom. The number of fused-ring (bicyclic) bond motifs is 1. The number of aromatic nitrogens is 2. The Kier molecular flexibility index (Phi) is 5.69. The normalized spacial score (nSPS) is 14.8. The lowest BCUT2D eigenvalue weighted by Crippen LogP contribution is -2.44. The van der Waals surface area contributed by atoms with Gasteiger partial charge in [0, 0.05) is 32.4 Å². The molecule has 0 unspecified atom stereocenters. The maximum absolute atomic E-state index is 15.1. The van der Waals surface area contributed by atoms with E-state index in [2.05, 4.69) is 9.88 Å². The molecule has 0 N–H and O–H groups in total. The van der Waals surface area contributed by atoms with Crippen molar-refractivity contribution < 1.29 is 18.3 Å². The van der Waals surface area contributed by atoms with Crippen molar-refractivity contribution in [3.05, 3.63) is 64.1 Å². The van der Waals surface area contributed by atoms with E-state index in [9.17, 15) is 14.0 Å². The Balaban J connectivity index is 1.95. The van der Waals surface area contributed by atoms with Gasteiger partial charge >= 0.3 is 5.97 Å². The van der Waals surface area contributed by atoms with Crippen molar-refractivity contribution in [3.63, 3.8) is 0 Å². The van der Waals surface area contributed by atoms with Gasteiger partial charge in [-0.05, 0) is 38.2 Å². The predicted molar refractivity (Wildman–Crippen MR) is 113 cm³/mol. The van der Waals surface area contributed by atoms with Gasteiger partial charge in [0.1, 0.15) is 23.0 Å². The zero-order chi connectivity index (χ0) is 22.1. The number of anilines is 1. The van der Waals surface area contributed by atoms with Gasteiger partial charge in [0.05, 0.1) is 29.4 Å². The van der Waals surface area contributed by atoms with Crippen LogP contribution in [0.3, 0.4) is 0 Å². The van der Waals surface area contributed by atoms with Gasteiger partial charge < -0.3 is 19.1 Å². The quantitative estimate of drug-likeness (QED) is 0.595. The van der Waals surface area contributed by atoms with Gasteiger partial charge in [-0.2, -0.15) is 0 Å². The molecule has 4 rings (SSSR count). The topological polar surface area (TPSA) is 67.7 Å². The number of esters is 1. The highest BCUT2D eigenvalue weighted by Gasteiger charge is 2.23. The van der Waals surface area contributed by atoms with Crippen LogP contribution >= 0.6 is 0 Å². The summed E-state index contributed by atoms with van der Waals surface area (Å²) in [6.45, 7) is 4.55. The number of hydrogen-bond donors (Lipinski definition) is 0. The first-order chi connectivity index (χ1) is 14.9. The van der Waals surface area contributed by atoms with Gasteiger partial charge in [0.2, 0.25) is 5.43 Å². The third-order valence-electron chi connectivity index (χ3n) is 5.37. The second-order valence-corrected chi connectivity index (χ2v) is 7.41. The number of benzene rings is 1. The number of carbonyl (C=O) groups is 1. The highest BCUT2D eigenvalue weighted by molar-refractivity contribution is 5.95. The van der Waals surface area contributed by atoms with E-state index in [1.54, 1.807) is 13.0 Å². The Morgan fingerprint density at radius 1 is 1.16 bits per heavy atom. The largest absolute Gasteiger partial charge is 0.462 e. The van der Waals surface area contributed by atoms with Crippen LogP contribution in [0.25, 0.3) is 16.7 Å². The monoisotopic (exact) mass is 428 g/mol. The number of pyridine rings is 2. The molecular formula is C22H22F2N4O3. The summed E-state index contributed by atoms with van der Waals surface area (Å²) < 4.78 is 35.0. The van der Waals surface area contributed by atoms with Gasteiger partial charge in [0.15, 0.2) is 0 Å². The molecule has 31 heavy (non-hydrogen) atoms. The lowest BCUT2D eigenvalue weighted by molar-refractivity contribution is 0.0524. The number of rotatable bonds is 4. The number of hydrogen-bond acceptors (Lipinski definition) is 6. The van der Waals surface area contributed by atoms with Crippen LogP contribution in [0.4, 0.5) is 14.5 Å². The molecule has 9 heteroatoms. The smallest absolute Gasteiger partial charge is 0.343 e. The first-order valence-corrected chi connectivity index (χ1v) is 10.0. The molecule has 0 saturated carbocycles. The van der Waals surface area contributed by atoms with Crippen molar-refractivity contribution >= 4 is 22.6 Å². The van der Waals surface area contributed by atoms with E-state index in [0.717, 1.165) is 25.4 Å². The van der Waals surface area contributed by atoms with E-state index in [0.29, 0.717) is 24.3 Å². The van der Waals surface area contributed by atoms with E-state index in [-0.39, 0.29) is 23.4 Å². The van der Waals surface area contributed by atoms with Gasteiger partial charge in [-0.1, -0.05) is 0 Å². The number of halogens is 2. The molecule has 0 aliphatic carbocycles. The van der Waals surface area contributed by atoms with Crippen LogP contribution in [0.1, 0.15) is 17.3 Å². The Bertz CT molecular complexity index is 1190. The highest BCUT2D eigenvalue weighted by atomic mass is 19.1. The van der Waals surface area contributed by atoms with Crippen LogP contribution < -0.4 is 10.3 Å². The van der Waals surface area contributed by atoms with Crippen LogP contribution in [0.2, 0.25) is 0 Å². The molecule has 1 saturated heterocycles. The molecule has 0 spiro atoms. The Labute approximate surface area is 177 Å². The van der Waals surface area contributed by atoms with Crippen molar-refractivity contribution in [1.29, 1.82) is 0 Å².